The minimum Gasteiger partial charge on any atom is -0.397 e. The molecule has 2 saturated heterocycles. The number of nitrogen functional groups attached to an aromatic ring is 1. The van der Waals surface area contributed by atoms with Crippen LogP contribution < -0.4 is 10.6 Å². The van der Waals surface area contributed by atoms with E-state index in [0.29, 0.717) is 5.92 Å². The summed E-state index contributed by atoms with van der Waals surface area (Å²) < 4.78 is 0. The van der Waals surface area contributed by atoms with E-state index in [0.717, 1.165) is 50.6 Å². The number of piperidine rings is 2. The van der Waals surface area contributed by atoms with E-state index >= 15 is 0 Å². The first kappa shape index (κ1) is 16.2. The monoisotopic (exact) mass is 315 g/mol. The minimum atomic E-state index is 0.198. The van der Waals surface area contributed by atoms with Crippen LogP contribution in [0, 0.1) is 5.92 Å². The first-order valence-corrected chi connectivity index (χ1v) is 8.94. The molecule has 2 aliphatic heterocycles. The SMILES string of the molecule is CC(=O)N1CCC(c2ccc(N)c(N3CCC(C)CC3)c2)CC1. The highest BCUT2D eigenvalue weighted by molar-refractivity contribution is 5.73. The molecule has 0 aliphatic carbocycles. The molecule has 0 aromatic heterocycles. The Labute approximate surface area is 139 Å². The molecule has 4 heteroatoms. The Morgan fingerprint density at radius 1 is 1.09 bits per heavy atom. The fourth-order valence-electron chi connectivity index (χ4n) is 3.87. The van der Waals surface area contributed by atoms with Crippen LogP contribution in [-0.4, -0.2) is 37.0 Å². The number of hydrogen-bond acceptors (Lipinski definition) is 3. The Morgan fingerprint density at radius 3 is 2.35 bits per heavy atom. The lowest BCUT2D eigenvalue weighted by Gasteiger charge is -2.35. The van der Waals surface area contributed by atoms with Crippen molar-refractivity contribution < 1.29 is 4.79 Å². The number of nitrogens with zero attached hydrogens (tertiary/aromatic N) is 2. The van der Waals surface area contributed by atoms with Gasteiger partial charge in [0.25, 0.3) is 0 Å². The largest absolute Gasteiger partial charge is 0.397 e. The predicted molar refractivity (Wildman–Crippen MR) is 95.7 cm³/mol. The molecule has 23 heavy (non-hydrogen) atoms. The van der Waals surface area contributed by atoms with Crippen LogP contribution in [0.4, 0.5) is 11.4 Å². The van der Waals surface area contributed by atoms with Crippen LogP contribution in [-0.2, 0) is 4.79 Å². The first-order chi connectivity index (χ1) is 11.0. The zero-order valence-electron chi connectivity index (χ0n) is 14.4. The number of rotatable bonds is 2. The number of carbonyl (C=O) groups is 1. The van der Waals surface area contributed by atoms with E-state index in [1.807, 2.05) is 4.90 Å². The molecule has 126 valence electrons. The highest BCUT2D eigenvalue weighted by Gasteiger charge is 2.24. The predicted octanol–water partition coefficient (Wildman–Crippen LogP) is 3.23. The molecule has 1 amide bonds. The molecule has 3 rings (SSSR count). The van der Waals surface area contributed by atoms with E-state index in [2.05, 4.69) is 30.0 Å². The van der Waals surface area contributed by atoms with E-state index in [1.165, 1.54) is 24.1 Å². The van der Waals surface area contributed by atoms with Gasteiger partial charge in [-0.15, -0.1) is 0 Å². The number of carbonyl (C=O) groups excluding carboxylic acids is 1. The summed E-state index contributed by atoms with van der Waals surface area (Å²) in [5, 5.41) is 0. The fraction of sp³-hybridized carbons (Fsp3) is 0.632. The fourth-order valence-corrected chi connectivity index (χ4v) is 3.87. The van der Waals surface area contributed by atoms with Crippen molar-refractivity contribution in [2.24, 2.45) is 5.92 Å². The van der Waals surface area contributed by atoms with Crippen LogP contribution in [0.15, 0.2) is 18.2 Å². The molecular formula is C19H29N3O. The molecule has 1 aromatic rings. The van der Waals surface area contributed by atoms with Crippen molar-refractivity contribution in [3.63, 3.8) is 0 Å². The van der Waals surface area contributed by atoms with Crippen LogP contribution in [0.5, 0.6) is 0 Å². The van der Waals surface area contributed by atoms with Gasteiger partial charge in [0.2, 0.25) is 5.91 Å². The summed E-state index contributed by atoms with van der Waals surface area (Å²) in [6.07, 6.45) is 4.61. The zero-order chi connectivity index (χ0) is 16.4. The van der Waals surface area contributed by atoms with Gasteiger partial charge in [-0.2, -0.15) is 0 Å². The van der Waals surface area contributed by atoms with Crippen LogP contribution in [0.3, 0.4) is 0 Å². The summed E-state index contributed by atoms with van der Waals surface area (Å²) in [6.45, 7) is 7.97. The van der Waals surface area contributed by atoms with Gasteiger partial charge in [0, 0.05) is 33.1 Å². The van der Waals surface area contributed by atoms with E-state index < -0.39 is 0 Å². The maximum absolute atomic E-state index is 11.5. The van der Waals surface area contributed by atoms with Gasteiger partial charge in [-0.25, -0.2) is 0 Å². The summed E-state index contributed by atoms with van der Waals surface area (Å²) in [7, 11) is 0. The minimum absolute atomic E-state index is 0.198. The molecule has 4 nitrogen and oxygen atoms in total. The van der Waals surface area contributed by atoms with E-state index in [1.54, 1.807) is 6.92 Å². The molecule has 0 atom stereocenters. The normalized spacial score (nSPS) is 20.8. The van der Waals surface area contributed by atoms with E-state index in [9.17, 15) is 4.79 Å². The lowest BCUT2D eigenvalue weighted by molar-refractivity contribution is -0.129. The van der Waals surface area contributed by atoms with Gasteiger partial charge < -0.3 is 15.5 Å². The highest BCUT2D eigenvalue weighted by Crippen LogP contribution is 2.34. The molecule has 2 N–H and O–H groups in total. The first-order valence-electron chi connectivity index (χ1n) is 8.94. The smallest absolute Gasteiger partial charge is 0.219 e. The Kier molecular flexibility index (Phi) is 4.79. The molecule has 1 aromatic carbocycles. The molecule has 0 unspecified atom stereocenters. The van der Waals surface area contributed by atoms with Crippen molar-refractivity contribution in [1.82, 2.24) is 4.90 Å². The van der Waals surface area contributed by atoms with E-state index in [-0.39, 0.29) is 5.91 Å². The van der Waals surface area contributed by atoms with Gasteiger partial charge in [0.05, 0.1) is 11.4 Å². The van der Waals surface area contributed by atoms with Crippen molar-refractivity contribution in [2.75, 3.05) is 36.8 Å². The second-order valence-electron chi connectivity index (χ2n) is 7.27. The summed E-state index contributed by atoms with van der Waals surface area (Å²) in [5.74, 6) is 1.57. The summed E-state index contributed by atoms with van der Waals surface area (Å²) >= 11 is 0. The molecular weight excluding hydrogens is 286 g/mol. The Hall–Kier alpha value is -1.71. The number of anilines is 2. The third-order valence-corrected chi connectivity index (χ3v) is 5.59. The number of nitrogens with two attached hydrogens (primary N) is 1. The highest BCUT2D eigenvalue weighted by atomic mass is 16.2. The number of benzene rings is 1. The molecule has 2 fully saturated rings. The van der Waals surface area contributed by atoms with Gasteiger partial charge in [-0.1, -0.05) is 13.0 Å². The Bertz CT molecular complexity index is 556. The van der Waals surface area contributed by atoms with Crippen LogP contribution >= 0.6 is 0 Å². The van der Waals surface area contributed by atoms with Gasteiger partial charge >= 0.3 is 0 Å². The van der Waals surface area contributed by atoms with Gasteiger partial charge in [-0.3, -0.25) is 4.79 Å². The molecule has 0 radical (unpaired) electrons. The maximum atomic E-state index is 11.5. The van der Waals surface area contributed by atoms with Crippen molar-refractivity contribution in [1.29, 1.82) is 0 Å². The third-order valence-electron chi connectivity index (χ3n) is 5.59. The van der Waals surface area contributed by atoms with Gasteiger partial charge in [-0.05, 0) is 55.2 Å². The summed E-state index contributed by atoms with van der Waals surface area (Å²) in [4.78, 5) is 15.9. The number of hydrogen-bond donors (Lipinski definition) is 1. The molecule has 0 bridgehead atoms. The Balaban J connectivity index is 1.72. The Morgan fingerprint density at radius 2 is 1.74 bits per heavy atom. The molecule has 0 spiro atoms. The second-order valence-corrected chi connectivity index (χ2v) is 7.27. The standard InChI is InChI=1S/C19H29N3O/c1-14-5-9-22(10-6-14)19-13-17(3-4-18(19)20)16-7-11-21(12-8-16)15(2)23/h3-4,13-14,16H,5-12,20H2,1-2H3. The van der Waals surface area contributed by atoms with Crippen molar-refractivity contribution in [3.8, 4) is 0 Å². The van der Waals surface area contributed by atoms with Crippen molar-refractivity contribution >= 4 is 17.3 Å². The van der Waals surface area contributed by atoms with Crippen LogP contribution in [0.25, 0.3) is 0 Å². The maximum Gasteiger partial charge on any atom is 0.219 e. The summed E-state index contributed by atoms with van der Waals surface area (Å²) in [6, 6.07) is 6.55. The van der Waals surface area contributed by atoms with Crippen molar-refractivity contribution in [3.05, 3.63) is 23.8 Å². The third kappa shape index (κ3) is 3.62. The average molecular weight is 315 g/mol. The zero-order valence-corrected chi connectivity index (χ0v) is 14.4. The van der Waals surface area contributed by atoms with E-state index in [4.69, 9.17) is 5.73 Å². The quantitative estimate of drug-likeness (QED) is 0.853. The lowest BCUT2D eigenvalue weighted by atomic mass is 9.88. The second kappa shape index (κ2) is 6.81. The summed E-state index contributed by atoms with van der Waals surface area (Å²) in [5.41, 5.74) is 9.74. The molecule has 2 aliphatic rings. The van der Waals surface area contributed by atoms with Crippen molar-refractivity contribution in [2.45, 2.75) is 45.4 Å². The topological polar surface area (TPSA) is 49.6 Å². The molecule has 2 heterocycles. The number of amides is 1. The lowest BCUT2D eigenvalue weighted by Crippen LogP contribution is -2.36. The van der Waals surface area contributed by atoms with Crippen LogP contribution in [0.2, 0.25) is 0 Å². The molecule has 0 saturated carbocycles. The van der Waals surface area contributed by atoms with Gasteiger partial charge in [0.15, 0.2) is 0 Å². The van der Waals surface area contributed by atoms with Gasteiger partial charge in [0.1, 0.15) is 0 Å². The number of likely N-dealkylation sites (tertiary alicyclic amines) is 1. The average Bonchev–Trinajstić information content (AvgIpc) is 2.56. The van der Waals surface area contributed by atoms with Crippen LogP contribution in [0.1, 0.15) is 51.0 Å².